The van der Waals surface area contributed by atoms with Gasteiger partial charge in [0.15, 0.2) is 11.5 Å². The van der Waals surface area contributed by atoms with Gasteiger partial charge < -0.3 is 19.3 Å². The molecule has 0 saturated carbocycles. The predicted octanol–water partition coefficient (Wildman–Crippen LogP) is 2.19. The molecule has 1 aliphatic heterocycles. The van der Waals surface area contributed by atoms with Crippen LogP contribution >= 0.6 is 0 Å². The summed E-state index contributed by atoms with van der Waals surface area (Å²) in [6, 6.07) is 5.95. The number of rotatable bonds is 7. The fourth-order valence-corrected chi connectivity index (χ4v) is 2.72. The summed E-state index contributed by atoms with van der Waals surface area (Å²) >= 11 is 0. The highest BCUT2D eigenvalue weighted by atomic mass is 16.5. The van der Waals surface area contributed by atoms with E-state index in [0.29, 0.717) is 19.6 Å². The maximum absolute atomic E-state index is 12.3. The molecule has 0 radical (unpaired) electrons. The van der Waals surface area contributed by atoms with Gasteiger partial charge in [0, 0.05) is 32.6 Å². The van der Waals surface area contributed by atoms with Crippen molar-refractivity contribution in [1.29, 1.82) is 0 Å². The third-order valence-electron chi connectivity index (χ3n) is 4.09. The van der Waals surface area contributed by atoms with E-state index < -0.39 is 0 Å². The first kappa shape index (κ1) is 17.6. The lowest BCUT2D eigenvalue weighted by Crippen LogP contribution is -2.47. The van der Waals surface area contributed by atoms with E-state index in [2.05, 4.69) is 11.9 Å². The molecule has 5 nitrogen and oxygen atoms in total. The van der Waals surface area contributed by atoms with Crippen molar-refractivity contribution >= 4 is 5.91 Å². The Kier molecular flexibility index (Phi) is 6.71. The zero-order valence-corrected chi connectivity index (χ0v) is 14.5. The number of piperazine rings is 1. The number of carbonyl (C=O) groups excluding carboxylic acids is 1. The van der Waals surface area contributed by atoms with E-state index in [4.69, 9.17) is 9.47 Å². The zero-order valence-electron chi connectivity index (χ0n) is 14.5. The summed E-state index contributed by atoms with van der Waals surface area (Å²) in [6.45, 7) is 8.72. The fourth-order valence-electron chi connectivity index (χ4n) is 2.72. The van der Waals surface area contributed by atoms with Crippen LogP contribution in [0.2, 0.25) is 0 Å². The van der Waals surface area contributed by atoms with Crippen molar-refractivity contribution in [2.75, 3.05) is 46.4 Å². The molecule has 1 heterocycles. The Morgan fingerprint density at radius 2 is 1.70 bits per heavy atom. The first-order chi connectivity index (χ1) is 11.1. The summed E-state index contributed by atoms with van der Waals surface area (Å²) in [5.41, 5.74) is 1.11. The molecule has 1 aromatic carbocycles. The van der Waals surface area contributed by atoms with Crippen LogP contribution in [0.3, 0.4) is 0 Å². The molecule has 0 N–H and O–H groups in total. The van der Waals surface area contributed by atoms with Gasteiger partial charge in [0.1, 0.15) is 0 Å². The fraction of sp³-hybridized carbons (Fsp3) is 0.611. The summed E-state index contributed by atoms with van der Waals surface area (Å²) in [4.78, 5) is 16.5. The Balaban J connectivity index is 1.92. The van der Waals surface area contributed by atoms with Gasteiger partial charge in [-0.3, -0.25) is 4.79 Å². The van der Waals surface area contributed by atoms with E-state index in [1.807, 2.05) is 36.9 Å². The maximum Gasteiger partial charge on any atom is 0.222 e. The molecular formula is C18H28N2O3. The van der Waals surface area contributed by atoms with Crippen LogP contribution in [0, 0.1) is 0 Å². The summed E-state index contributed by atoms with van der Waals surface area (Å²) < 4.78 is 11.2. The van der Waals surface area contributed by atoms with Gasteiger partial charge in [-0.15, -0.1) is 0 Å². The van der Waals surface area contributed by atoms with Crippen LogP contribution in [-0.4, -0.2) is 62.1 Å². The molecular weight excluding hydrogens is 292 g/mol. The lowest BCUT2D eigenvalue weighted by Gasteiger charge is -2.32. The summed E-state index contributed by atoms with van der Waals surface area (Å²) in [7, 11) is 2.09. The number of benzene rings is 1. The first-order valence-electron chi connectivity index (χ1n) is 8.48. The second kappa shape index (κ2) is 8.77. The smallest absolute Gasteiger partial charge is 0.222 e. The van der Waals surface area contributed by atoms with Crippen molar-refractivity contribution in [3.05, 3.63) is 23.8 Å². The Hall–Kier alpha value is -1.75. The molecule has 128 valence electrons. The number of hydrogen-bond acceptors (Lipinski definition) is 4. The highest BCUT2D eigenvalue weighted by Crippen LogP contribution is 2.29. The minimum absolute atomic E-state index is 0.241. The van der Waals surface area contributed by atoms with E-state index >= 15 is 0 Å². The van der Waals surface area contributed by atoms with E-state index in [0.717, 1.165) is 49.7 Å². The van der Waals surface area contributed by atoms with Crippen molar-refractivity contribution in [1.82, 2.24) is 9.80 Å². The molecule has 2 rings (SSSR count). The maximum atomic E-state index is 12.3. The molecule has 0 aliphatic carbocycles. The molecule has 1 aromatic rings. The van der Waals surface area contributed by atoms with Gasteiger partial charge >= 0.3 is 0 Å². The van der Waals surface area contributed by atoms with Crippen LogP contribution in [-0.2, 0) is 11.2 Å². The van der Waals surface area contributed by atoms with Crippen LogP contribution in [0.4, 0.5) is 0 Å². The monoisotopic (exact) mass is 320 g/mol. The average molecular weight is 320 g/mol. The zero-order chi connectivity index (χ0) is 16.7. The SMILES string of the molecule is CCOc1ccc(CCC(=O)N2CCN(C)CC2)cc1OCC. The normalized spacial score (nSPS) is 15.5. The Bertz CT molecular complexity index is 511. The van der Waals surface area contributed by atoms with E-state index in [9.17, 15) is 4.79 Å². The minimum Gasteiger partial charge on any atom is -0.490 e. The van der Waals surface area contributed by atoms with Crippen molar-refractivity contribution < 1.29 is 14.3 Å². The molecule has 1 amide bonds. The molecule has 0 aromatic heterocycles. The number of amides is 1. The lowest BCUT2D eigenvalue weighted by molar-refractivity contribution is -0.132. The predicted molar refractivity (Wildman–Crippen MR) is 91.2 cm³/mol. The van der Waals surface area contributed by atoms with E-state index in [1.165, 1.54) is 0 Å². The third kappa shape index (κ3) is 5.13. The number of carbonyl (C=O) groups is 1. The van der Waals surface area contributed by atoms with Gasteiger partial charge in [-0.05, 0) is 45.0 Å². The lowest BCUT2D eigenvalue weighted by atomic mass is 10.1. The van der Waals surface area contributed by atoms with Gasteiger partial charge in [-0.1, -0.05) is 6.07 Å². The quantitative estimate of drug-likeness (QED) is 0.772. The van der Waals surface area contributed by atoms with Crippen molar-refractivity contribution in [3.63, 3.8) is 0 Å². The first-order valence-corrected chi connectivity index (χ1v) is 8.48. The molecule has 0 spiro atoms. The Labute approximate surface area is 139 Å². The van der Waals surface area contributed by atoms with Crippen LogP contribution in [0.25, 0.3) is 0 Å². The molecule has 1 saturated heterocycles. The Morgan fingerprint density at radius 3 is 2.35 bits per heavy atom. The number of likely N-dealkylation sites (N-methyl/N-ethyl adjacent to an activating group) is 1. The van der Waals surface area contributed by atoms with Gasteiger partial charge in [-0.25, -0.2) is 0 Å². The van der Waals surface area contributed by atoms with Crippen LogP contribution in [0.15, 0.2) is 18.2 Å². The summed E-state index contributed by atoms with van der Waals surface area (Å²) in [5.74, 6) is 1.77. The molecule has 1 aliphatic rings. The van der Waals surface area contributed by atoms with Gasteiger partial charge in [-0.2, -0.15) is 0 Å². The Morgan fingerprint density at radius 1 is 1.04 bits per heavy atom. The van der Waals surface area contributed by atoms with Gasteiger partial charge in [0.05, 0.1) is 13.2 Å². The third-order valence-corrected chi connectivity index (χ3v) is 4.09. The van der Waals surface area contributed by atoms with Crippen LogP contribution in [0.5, 0.6) is 11.5 Å². The van der Waals surface area contributed by atoms with E-state index in [-0.39, 0.29) is 5.91 Å². The number of aryl methyl sites for hydroxylation is 1. The van der Waals surface area contributed by atoms with Crippen LogP contribution < -0.4 is 9.47 Å². The average Bonchev–Trinajstić information content (AvgIpc) is 2.56. The largest absolute Gasteiger partial charge is 0.490 e. The van der Waals surface area contributed by atoms with Gasteiger partial charge in [0.2, 0.25) is 5.91 Å². The number of nitrogens with zero attached hydrogens (tertiary/aromatic N) is 2. The molecule has 23 heavy (non-hydrogen) atoms. The topological polar surface area (TPSA) is 42.0 Å². The molecule has 0 unspecified atom stereocenters. The number of hydrogen-bond donors (Lipinski definition) is 0. The molecule has 5 heteroatoms. The highest BCUT2D eigenvalue weighted by molar-refractivity contribution is 5.76. The van der Waals surface area contributed by atoms with Crippen molar-refractivity contribution in [2.45, 2.75) is 26.7 Å². The standard InChI is InChI=1S/C18H28N2O3/c1-4-22-16-8-6-15(14-17(16)23-5-2)7-9-18(21)20-12-10-19(3)11-13-20/h6,8,14H,4-5,7,9-13H2,1-3H3. The molecule has 1 fully saturated rings. The molecule has 0 atom stereocenters. The minimum atomic E-state index is 0.241. The van der Waals surface area contributed by atoms with E-state index in [1.54, 1.807) is 0 Å². The second-order valence-electron chi connectivity index (χ2n) is 5.83. The summed E-state index contributed by atoms with van der Waals surface area (Å²) in [6.07, 6.45) is 1.28. The second-order valence-corrected chi connectivity index (χ2v) is 5.83. The number of ether oxygens (including phenoxy) is 2. The summed E-state index contributed by atoms with van der Waals surface area (Å²) in [5, 5.41) is 0. The highest BCUT2D eigenvalue weighted by Gasteiger charge is 2.18. The molecule has 0 bridgehead atoms. The van der Waals surface area contributed by atoms with Gasteiger partial charge in [0.25, 0.3) is 0 Å². The van der Waals surface area contributed by atoms with Crippen LogP contribution in [0.1, 0.15) is 25.8 Å². The van der Waals surface area contributed by atoms with Crippen molar-refractivity contribution in [2.24, 2.45) is 0 Å². The van der Waals surface area contributed by atoms with Crippen molar-refractivity contribution in [3.8, 4) is 11.5 Å².